The third kappa shape index (κ3) is 3.44. The topological polar surface area (TPSA) is 112 Å². The number of oxazole rings is 1. The largest absolute Gasteiger partial charge is 0.481 e. The monoisotopic (exact) mass is 264 g/mol. The lowest BCUT2D eigenvalue weighted by atomic mass is 10.2. The molecule has 0 unspecified atom stereocenters. The summed E-state index contributed by atoms with van der Waals surface area (Å²) in [7, 11) is 0. The Hall–Kier alpha value is -2.57. The maximum atomic E-state index is 11.5. The van der Waals surface area contributed by atoms with E-state index in [1.165, 1.54) is 0 Å². The molecule has 1 heterocycles. The minimum absolute atomic E-state index is 0.0402. The van der Waals surface area contributed by atoms with Gasteiger partial charge in [-0.25, -0.2) is 4.79 Å². The highest BCUT2D eigenvalue weighted by Gasteiger charge is 2.06. The quantitative estimate of drug-likeness (QED) is 0.753. The fourth-order valence-electron chi connectivity index (χ4n) is 1.65. The molecule has 2 aromatic rings. The van der Waals surface area contributed by atoms with Crippen LogP contribution in [0.15, 0.2) is 27.4 Å². The van der Waals surface area contributed by atoms with Crippen molar-refractivity contribution in [2.45, 2.75) is 19.3 Å². The Balaban J connectivity index is 1.98. The van der Waals surface area contributed by atoms with Crippen molar-refractivity contribution >= 4 is 28.7 Å². The van der Waals surface area contributed by atoms with Crippen molar-refractivity contribution in [3.8, 4) is 0 Å². The van der Waals surface area contributed by atoms with Crippen LogP contribution in [-0.4, -0.2) is 22.0 Å². The van der Waals surface area contributed by atoms with Crippen LogP contribution >= 0.6 is 0 Å². The van der Waals surface area contributed by atoms with E-state index in [9.17, 15) is 14.4 Å². The molecule has 3 N–H and O–H groups in total. The second-order valence-electron chi connectivity index (χ2n) is 4.02. The molecule has 0 bridgehead atoms. The molecule has 19 heavy (non-hydrogen) atoms. The lowest BCUT2D eigenvalue weighted by Crippen LogP contribution is -2.11. The number of rotatable bonds is 5. The lowest BCUT2D eigenvalue weighted by molar-refractivity contribution is -0.137. The zero-order chi connectivity index (χ0) is 13.8. The average molecular weight is 264 g/mol. The van der Waals surface area contributed by atoms with E-state index in [0.29, 0.717) is 16.8 Å². The van der Waals surface area contributed by atoms with Crippen molar-refractivity contribution in [3.05, 3.63) is 28.7 Å². The van der Waals surface area contributed by atoms with Gasteiger partial charge in [0.2, 0.25) is 5.91 Å². The van der Waals surface area contributed by atoms with Gasteiger partial charge in [0.25, 0.3) is 0 Å². The van der Waals surface area contributed by atoms with E-state index in [1.54, 1.807) is 18.2 Å². The number of aromatic nitrogens is 1. The Morgan fingerprint density at radius 2 is 2.11 bits per heavy atom. The maximum absolute atomic E-state index is 11.5. The molecular weight excluding hydrogens is 252 g/mol. The van der Waals surface area contributed by atoms with Crippen LogP contribution in [0, 0.1) is 0 Å². The molecule has 0 atom stereocenters. The van der Waals surface area contributed by atoms with E-state index < -0.39 is 11.7 Å². The molecule has 2 rings (SSSR count). The predicted molar refractivity (Wildman–Crippen MR) is 67.0 cm³/mol. The molecule has 0 aliphatic carbocycles. The van der Waals surface area contributed by atoms with Crippen LogP contribution < -0.4 is 11.1 Å². The smallest absolute Gasteiger partial charge is 0.417 e. The molecular formula is C12H12N2O5. The highest BCUT2D eigenvalue weighted by atomic mass is 16.4. The number of nitrogens with one attached hydrogen (secondary N) is 2. The number of hydrogen-bond acceptors (Lipinski definition) is 4. The van der Waals surface area contributed by atoms with Crippen LogP contribution in [-0.2, 0) is 9.59 Å². The van der Waals surface area contributed by atoms with E-state index in [2.05, 4.69) is 10.3 Å². The van der Waals surface area contributed by atoms with Gasteiger partial charge < -0.3 is 14.8 Å². The second-order valence-corrected chi connectivity index (χ2v) is 4.02. The Bertz CT molecular complexity index is 670. The Morgan fingerprint density at radius 3 is 2.84 bits per heavy atom. The van der Waals surface area contributed by atoms with E-state index in [-0.39, 0.29) is 25.2 Å². The molecule has 1 aromatic carbocycles. The first-order chi connectivity index (χ1) is 9.04. The number of benzene rings is 1. The Kier molecular flexibility index (Phi) is 3.65. The third-order valence-electron chi connectivity index (χ3n) is 2.50. The Labute approximate surface area is 107 Å². The van der Waals surface area contributed by atoms with E-state index in [1.807, 2.05) is 0 Å². The number of carbonyl (C=O) groups excluding carboxylic acids is 1. The zero-order valence-corrected chi connectivity index (χ0v) is 9.93. The molecule has 0 fully saturated rings. The number of fused-ring (bicyclic) bond motifs is 1. The molecule has 1 amide bonds. The van der Waals surface area contributed by atoms with Crippen LogP contribution in [0.3, 0.4) is 0 Å². The van der Waals surface area contributed by atoms with Crippen molar-refractivity contribution in [2.75, 3.05) is 5.32 Å². The minimum atomic E-state index is -0.926. The van der Waals surface area contributed by atoms with Crippen molar-refractivity contribution < 1.29 is 19.1 Å². The van der Waals surface area contributed by atoms with Gasteiger partial charge in [-0.2, -0.15) is 0 Å². The molecule has 0 saturated carbocycles. The van der Waals surface area contributed by atoms with Gasteiger partial charge >= 0.3 is 11.7 Å². The maximum Gasteiger partial charge on any atom is 0.417 e. The van der Waals surface area contributed by atoms with Gasteiger partial charge in [0.1, 0.15) is 0 Å². The number of aliphatic carboxylic acids is 1. The molecule has 0 aliphatic rings. The molecule has 1 aromatic heterocycles. The number of carbonyl (C=O) groups is 2. The molecule has 0 aliphatic heterocycles. The summed E-state index contributed by atoms with van der Waals surface area (Å²) < 4.78 is 4.83. The number of hydrogen-bond donors (Lipinski definition) is 3. The van der Waals surface area contributed by atoms with E-state index in [4.69, 9.17) is 9.52 Å². The van der Waals surface area contributed by atoms with Gasteiger partial charge in [-0.3, -0.25) is 14.6 Å². The summed E-state index contributed by atoms with van der Waals surface area (Å²) in [6.07, 6.45) is 0.375. The summed E-state index contributed by atoms with van der Waals surface area (Å²) in [5.41, 5.74) is 1.42. The number of carboxylic acids is 1. The average Bonchev–Trinajstić information content (AvgIpc) is 2.67. The summed E-state index contributed by atoms with van der Waals surface area (Å²) in [4.78, 5) is 35.3. The van der Waals surface area contributed by atoms with Crippen molar-refractivity contribution in [1.29, 1.82) is 0 Å². The van der Waals surface area contributed by atoms with Crippen LogP contribution in [0.2, 0.25) is 0 Å². The lowest BCUT2D eigenvalue weighted by Gasteiger charge is -2.04. The first kappa shape index (κ1) is 12.9. The van der Waals surface area contributed by atoms with Gasteiger partial charge in [0.05, 0.1) is 5.52 Å². The highest BCUT2D eigenvalue weighted by molar-refractivity contribution is 5.92. The summed E-state index contributed by atoms with van der Waals surface area (Å²) in [6.45, 7) is 0. The van der Waals surface area contributed by atoms with Crippen LogP contribution in [0.25, 0.3) is 11.1 Å². The predicted octanol–water partition coefficient (Wildman–Crippen LogP) is 1.31. The van der Waals surface area contributed by atoms with Crippen LogP contribution in [0.1, 0.15) is 19.3 Å². The Morgan fingerprint density at radius 1 is 1.32 bits per heavy atom. The van der Waals surface area contributed by atoms with Crippen molar-refractivity contribution in [3.63, 3.8) is 0 Å². The number of anilines is 1. The van der Waals surface area contributed by atoms with Crippen molar-refractivity contribution in [1.82, 2.24) is 4.98 Å². The fraction of sp³-hybridized carbons (Fsp3) is 0.250. The third-order valence-corrected chi connectivity index (χ3v) is 2.50. The van der Waals surface area contributed by atoms with Crippen molar-refractivity contribution in [2.24, 2.45) is 0 Å². The molecule has 7 nitrogen and oxygen atoms in total. The molecule has 100 valence electrons. The van der Waals surface area contributed by atoms with Gasteiger partial charge in [-0.05, 0) is 24.6 Å². The summed E-state index contributed by atoms with van der Waals surface area (Å²) in [5.74, 6) is -1.75. The zero-order valence-electron chi connectivity index (χ0n) is 9.93. The number of H-pyrrole nitrogens is 1. The van der Waals surface area contributed by atoms with Crippen LogP contribution in [0.5, 0.6) is 0 Å². The van der Waals surface area contributed by atoms with E-state index >= 15 is 0 Å². The molecule has 0 saturated heterocycles. The SMILES string of the molecule is O=C(O)CCCC(=O)Nc1ccc2oc(=O)[nH]c2c1. The fourth-order valence-corrected chi connectivity index (χ4v) is 1.65. The highest BCUT2D eigenvalue weighted by Crippen LogP contribution is 2.16. The number of carboxylic acid groups (broad SMARTS) is 1. The van der Waals surface area contributed by atoms with Gasteiger partial charge in [-0.1, -0.05) is 0 Å². The molecule has 0 spiro atoms. The summed E-state index contributed by atoms with van der Waals surface area (Å²) >= 11 is 0. The normalized spacial score (nSPS) is 10.5. The first-order valence-corrected chi connectivity index (χ1v) is 5.69. The number of amides is 1. The number of aromatic amines is 1. The molecule has 0 radical (unpaired) electrons. The molecule has 7 heteroatoms. The minimum Gasteiger partial charge on any atom is -0.481 e. The first-order valence-electron chi connectivity index (χ1n) is 5.69. The van der Waals surface area contributed by atoms with E-state index in [0.717, 1.165) is 0 Å². The van der Waals surface area contributed by atoms with Gasteiger partial charge in [0.15, 0.2) is 5.58 Å². The van der Waals surface area contributed by atoms with Crippen LogP contribution in [0.4, 0.5) is 5.69 Å². The summed E-state index contributed by atoms with van der Waals surface area (Å²) in [5, 5.41) is 11.1. The van der Waals surface area contributed by atoms with Gasteiger partial charge in [0, 0.05) is 18.5 Å². The second kappa shape index (κ2) is 5.38. The standard InChI is InChI=1S/C12H12N2O5/c15-10(2-1-3-11(16)17)13-7-4-5-9-8(6-7)14-12(18)19-9/h4-6H,1-3H2,(H,13,15)(H,14,18)(H,16,17). The van der Waals surface area contributed by atoms with Gasteiger partial charge in [-0.15, -0.1) is 0 Å². The summed E-state index contributed by atoms with van der Waals surface area (Å²) in [6, 6.07) is 4.75.